The normalized spacial score (nSPS) is 15.7. The minimum Gasteiger partial charge on any atom is -0.490 e. The van der Waals surface area contributed by atoms with Gasteiger partial charge in [-0.2, -0.15) is 0 Å². The number of aromatic carboxylic acids is 1. The first-order valence-electron chi connectivity index (χ1n) is 8.40. The highest BCUT2D eigenvalue weighted by Gasteiger charge is 2.28. The van der Waals surface area contributed by atoms with Gasteiger partial charge in [-0.15, -0.1) is 0 Å². The van der Waals surface area contributed by atoms with Gasteiger partial charge in [0.1, 0.15) is 17.0 Å². The summed E-state index contributed by atoms with van der Waals surface area (Å²) in [6, 6.07) is 1.94. The summed E-state index contributed by atoms with van der Waals surface area (Å²) in [5.41, 5.74) is -1.58. The van der Waals surface area contributed by atoms with Crippen molar-refractivity contribution >= 4 is 12.1 Å². The lowest BCUT2D eigenvalue weighted by Gasteiger charge is -2.33. The number of piperidine rings is 1. The number of halogens is 2. The molecule has 0 atom stereocenters. The van der Waals surface area contributed by atoms with Crippen molar-refractivity contribution in [2.45, 2.75) is 39.2 Å². The van der Waals surface area contributed by atoms with E-state index in [0.29, 0.717) is 25.9 Å². The first kappa shape index (κ1) is 19.9. The molecule has 26 heavy (non-hydrogen) atoms. The Labute approximate surface area is 150 Å². The SMILES string of the molecule is CC(C)(C)OC(=O)N1CCC(COc2ccc(F)c(C(=O)O)c2F)CC1. The molecule has 1 heterocycles. The number of ether oxygens (including phenoxy) is 2. The Morgan fingerprint density at radius 2 is 1.85 bits per heavy atom. The average molecular weight is 371 g/mol. The lowest BCUT2D eigenvalue weighted by molar-refractivity contribution is 0.0164. The fraction of sp³-hybridized carbons (Fsp3) is 0.556. The smallest absolute Gasteiger partial charge is 0.410 e. The van der Waals surface area contributed by atoms with E-state index in [9.17, 15) is 18.4 Å². The molecule has 6 nitrogen and oxygen atoms in total. The highest BCUT2D eigenvalue weighted by Crippen LogP contribution is 2.26. The summed E-state index contributed by atoms with van der Waals surface area (Å²) in [5.74, 6) is -4.27. The van der Waals surface area contributed by atoms with Crippen molar-refractivity contribution in [3.63, 3.8) is 0 Å². The highest BCUT2D eigenvalue weighted by molar-refractivity contribution is 5.88. The molecular weight excluding hydrogens is 348 g/mol. The second-order valence-electron chi connectivity index (χ2n) is 7.26. The second kappa shape index (κ2) is 7.88. The predicted octanol–water partition coefficient (Wildman–Crippen LogP) is 3.69. The predicted molar refractivity (Wildman–Crippen MR) is 89.3 cm³/mol. The van der Waals surface area contributed by atoms with Crippen LogP contribution in [0.15, 0.2) is 12.1 Å². The van der Waals surface area contributed by atoms with E-state index < -0.39 is 28.8 Å². The summed E-state index contributed by atoms with van der Waals surface area (Å²) < 4.78 is 38.1. The topological polar surface area (TPSA) is 76.1 Å². The molecule has 0 bridgehead atoms. The maximum absolute atomic E-state index is 14.0. The molecule has 144 valence electrons. The fourth-order valence-electron chi connectivity index (χ4n) is 2.66. The fourth-order valence-corrected chi connectivity index (χ4v) is 2.66. The van der Waals surface area contributed by atoms with Crippen LogP contribution >= 0.6 is 0 Å². The number of rotatable bonds is 4. The molecule has 1 saturated heterocycles. The molecule has 1 aliphatic rings. The number of carbonyl (C=O) groups is 2. The van der Waals surface area contributed by atoms with Crippen LogP contribution in [0.5, 0.6) is 5.75 Å². The monoisotopic (exact) mass is 371 g/mol. The van der Waals surface area contributed by atoms with E-state index >= 15 is 0 Å². The molecule has 1 aromatic rings. The van der Waals surface area contributed by atoms with Crippen LogP contribution in [0.4, 0.5) is 13.6 Å². The summed E-state index contributed by atoms with van der Waals surface area (Å²) in [4.78, 5) is 24.5. The van der Waals surface area contributed by atoms with Gasteiger partial charge < -0.3 is 19.5 Å². The maximum atomic E-state index is 14.0. The van der Waals surface area contributed by atoms with Gasteiger partial charge in [0.05, 0.1) is 6.61 Å². The first-order chi connectivity index (χ1) is 12.1. The number of likely N-dealkylation sites (tertiary alicyclic amines) is 1. The number of benzene rings is 1. The molecule has 1 N–H and O–H groups in total. The number of carboxylic acid groups (broad SMARTS) is 1. The van der Waals surface area contributed by atoms with E-state index in [-0.39, 0.29) is 24.4 Å². The minimum atomic E-state index is -1.68. The summed E-state index contributed by atoms with van der Waals surface area (Å²) in [7, 11) is 0. The van der Waals surface area contributed by atoms with Gasteiger partial charge in [-0.1, -0.05) is 0 Å². The molecule has 0 aromatic heterocycles. The highest BCUT2D eigenvalue weighted by atomic mass is 19.1. The molecule has 0 spiro atoms. The van der Waals surface area contributed by atoms with Gasteiger partial charge in [-0.25, -0.2) is 18.4 Å². The Balaban J connectivity index is 1.88. The molecule has 1 aliphatic heterocycles. The Bertz CT molecular complexity index is 679. The quantitative estimate of drug-likeness (QED) is 0.874. The molecule has 0 radical (unpaired) electrons. The zero-order valence-electron chi connectivity index (χ0n) is 15.1. The molecule has 1 amide bonds. The number of carboxylic acids is 1. The summed E-state index contributed by atoms with van der Waals surface area (Å²) in [6.07, 6.45) is 0.925. The van der Waals surface area contributed by atoms with Gasteiger partial charge >= 0.3 is 12.1 Å². The van der Waals surface area contributed by atoms with Crippen LogP contribution in [-0.4, -0.2) is 47.4 Å². The van der Waals surface area contributed by atoms with Gasteiger partial charge in [0.15, 0.2) is 11.6 Å². The lowest BCUT2D eigenvalue weighted by atomic mass is 9.98. The summed E-state index contributed by atoms with van der Waals surface area (Å²) >= 11 is 0. The van der Waals surface area contributed by atoms with Gasteiger partial charge in [-0.05, 0) is 51.7 Å². The van der Waals surface area contributed by atoms with Gasteiger partial charge in [0.25, 0.3) is 0 Å². The minimum absolute atomic E-state index is 0.0754. The Hall–Kier alpha value is -2.38. The molecule has 0 aliphatic carbocycles. The van der Waals surface area contributed by atoms with Crippen molar-refractivity contribution in [3.05, 3.63) is 29.3 Å². The van der Waals surface area contributed by atoms with Crippen LogP contribution in [0.1, 0.15) is 44.0 Å². The third-order valence-corrected chi connectivity index (χ3v) is 4.01. The van der Waals surface area contributed by atoms with Crippen molar-refractivity contribution in [3.8, 4) is 5.75 Å². The second-order valence-corrected chi connectivity index (χ2v) is 7.26. The number of hydrogen-bond donors (Lipinski definition) is 1. The average Bonchev–Trinajstić information content (AvgIpc) is 2.52. The Kier molecular flexibility index (Phi) is 6.05. The van der Waals surface area contributed by atoms with E-state index in [1.54, 1.807) is 25.7 Å². The van der Waals surface area contributed by atoms with Crippen LogP contribution in [0.25, 0.3) is 0 Å². The number of carbonyl (C=O) groups excluding carboxylic acids is 1. The molecular formula is C18H23F2NO5. The third-order valence-electron chi connectivity index (χ3n) is 4.01. The maximum Gasteiger partial charge on any atom is 0.410 e. The van der Waals surface area contributed by atoms with Crippen LogP contribution in [0.3, 0.4) is 0 Å². The van der Waals surface area contributed by atoms with E-state index in [2.05, 4.69) is 0 Å². The van der Waals surface area contributed by atoms with Crippen LogP contribution in [0.2, 0.25) is 0 Å². The van der Waals surface area contributed by atoms with Crippen molar-refractivity contribution in [1.82, 2.24) is 4.90 Å². The Morgan fingerprint density at radius 1 is 1.23 bits per heavy atom. The van der Waals surface area contributed by atoms with Crippen molar-refractivity contribution in [2.24, 2.45) is 5.92 Å². The molecule has 0 saturated carbocycles. The summed E-state index contributed by atoms with van der Waals surface area (Å²) in [5, 5.41) is 8.86. The van der Waals surface area contributed by atoms with Crippen molar-refractivity contribution < 1.29 is 33.0 Å². The molecule has 0 unspecified atom stereocenters. The zero-order chi connectivity index (χ0) is 19.5. The molecule has 1 aromatic carbocycles. The van der Waals surface area contributed by atoms with Crippen LogP contribution in [0, 0.1) is 17.6 Å². The van der Waals surface area contributed by atoms with E-state index in [1.165, 1.54) is 0 Å². The zero-order valence-corrected chi connectivity index (χ0v) is 15.1. The molecule has 2 rings (SSSR count). The van der Waals surface area contributed by atoms with Gasteiger partial charge in [0, 0.05) is 13.1 Å². The summed E-state index contributed by atoms with van der Waals surface area (Å²) in [6.45, 7) is 6.55. The lowest BCUT2D eigenvalue weighted by Crippen LogP contribution is -2.42. The van der Waals surface area contributed by atoms with E-state index in [4.69, 9.17) is 14.6 Å². The number of nitrogens with zero attached hydrogens (tertiary/aromatic N) is 1. The van der Waals surface area contributed by atoms with Crippen molar-refractivity contribution in [2.75, 3.05) is 19.7 Å². The number of hydrogen-bond acceptors (Lipinski definition) is 4. The standard InChI is InChI=1S/C18H23F2NO5/c1-18(2,3)26-17(24)21-8-6-11(7-9-21)10-25-13-5-4-12(19)14(15(13)20)16(22)23/h4-5,11H,6-10H2,1-3H3,(H,22,23). The first-order valence-corrected chi connectivity index (χ1v) is 8.40. The third kappa shape index (κ3) is 5.06. The van der Waals surface area contributed by atoms with E-state index in [1.807, 2.05) is 0 Å². The van der Waals surface area contributed by atoms with E-state index in [0.717, 1.165) is 12.1 Å². The molecule has 8 heteroatoms. The van der Waals surface area contributed by atoms with Gasteiger partial charge in [-0.3, -0.25) is 0 Å². The van der Waals surface area contributed by atoms with Gasteiger partial charge in [0.2, 0.25) is 0 Å². The molecule has 1 fully saturated rings. The van der Waals surface area contributed by atoms with Crippen LogP contribution < -0.4 is 4.74 Å². The van der Waals surface area contributed by atoms with Crippen molar-refractivity contribution in [1.29, 1.82) is 0 Å². The largest absolute Gasteiger partial charge is 0.490 e. The van der Waals surface area contributed by atoms with Crippen LogP contribution in [-0.2, 0) is 4.74 Å². The number of amides is 1. The Morgan fingerprint density at radius 3 is 2.38 bits per heavy atom.